The number of carbonyl (C=O) groups is 1. The molecule has 0 fully saturated rings. The standard InChI is InChI=1S/C20H16F3NO4/c1-2-3-11-8-18(26)28-16-9-12(4-5-13(11)16)27-10-17(25)24-15-7-6-14(21)19(22)20(15)23/h4-9H,2-3,10H2,1H3,(H,24,25). The van der Waals surface area contributed by atoms with Crippen LogP contribution in [-0.2, 0) is 11.2 Å². The molecule has 0 radical (unpaired) electrons. The van der Waals surface area contributed by atoms with E-state index in [1.807, 2.05) is 6.92 Å². The summed E-state index contributed by atoms with van der Waals surface area (Å²) < 4.78 is 50.2. The van der Waals surface area contributed by atoms with Crippen molar-refractivity contribution >= 4 is 22.6 Å². The Morgan fingerprint density at radius 3 is 2.64 bits per heavy atom. The highest BCUT2D eigenvalue weighted by atomic mass is 19.2. The molecule has 0 atom stereocenters. The Hall–Kier alpha value is -3.29. The van der Waals surface area contributed by atoms with Gasteiger partial charge in [-0.15, -0.1) is 0 Å². The number of amides is 1. The minimum Gasteiger partial charge on any atom is -0.484 e. The SMILES string of the molecule is CCCc1cc(=O)oc2cc(OCC(=O)Nc3ccc(F)c(F)c3F)ccc12. The van der Waals surface area contributed by atoms with E-state index in [1.54, 1.807) is 12.1 Å². The summed E-state index contributed by atoms with van der Waals surface area (Å²) in [4.78, 5) is 23.6. The van der Waals surface area contributed by atoms with Crippen molar-refractivity contribution in [2.45, 2.75) is 19.8 Å². The summed E-state index contributed by atoms with van der Waals surface area (Å²) in [5, 5.41) is 2.87. The first kappa shape index (κ1) is 19.5. The number of hydrogen-bond donors (Lipinski definition) is 1. The normalized spacial score (nSPS) is 10.9. The average Bonchev–Trinajstić information content (AvgIpc) is 2.66. The molecule has 0 saturated heterocycles. The molecular weight excluding hydrogens is 375 g/mol. The van der Waals surface area contributed by atoms with Crippen LogP contribution in [0.25, 0.3) is 11.0 Å². The first-order chi connectivity index (χ1) is 13.4. The zero-order chi connectivity index (χ0) is 20.3. The molecule has 8 heteroatoms. The Labute approximate surface area is 157 Å². The van der Waals surface area contributed by atoms with E-state index in [0.717, 1.165) is 23.4 Å². The van der Waals surface area contributed by atoms with Gasteiger partial charge in [0, 0.05) is 17.5 Å². The summed E-state index contributed by atoms with van der Waals surface area (Å²) in [7, 11) is 0. The Balaban J connectivity index is 1.72. The largest absolute Gasteiger partial charge is 0.484 e. The minimum absolute atomic E-state index is 0.255. The number of aryl methyl sites for hydroxylation is 1. The molecule has 0 aliphatic heterocycles. The first-order valence-electron chi connectivity index (χ1n) is 8.52. The molecule has 0 unspecified atom stereocenters. The zero-order valence-corrected chi connectivity index (χ0v) is 14.9. The Morgan fingerprint density at radius 1 is 1.11 bits per heavy atom. The second-order valence-electron chi connectivity index (χ2n) is 6.06. The molecule has 2 aromatic carbocycles. The highest BCUT2D eigenvalue weighted by Crippen LogP contribution is 2.24. The predicted molar refractivity (Wildman–Crippen MR) is 96.9 cm³/mol. The second-order valence-corrected chi connectivity index (χ2v) is 6.06. The molecule has 0 bridgehead atoms. The van der Waals surface area contributed by atoms with Crippen molar-refractivity contribution in [1.29, 1.82) is 0 Å². The maximum absolute atomic E-state index is 13.6. The van der Waals surface area contributed by atoms with Crippen LogP contribution in [0.5, 0.6) is 5.75 Å². The number of halogens is 3. The number of rotatable bonds is 6. The molecule has 1 N–H and O–H groups in total. The summed E-state index contributed by atoms with van der Waals surface area (Å²) in [6, 6.07) is 7.84. The number of nitrogens with one attached hydrogen (secondary N) is 1. The smallest absolute Gasteiger partial charge is 0.336 e. The third-order valence-corrected chi connectivity index (χ3v) is 4.00. The van der Waals surface area contributed by atoms with Crippen LogP contribution in [0.3, 0.4) is 0 Å². The van der Waals surface area contributed by atoms with Crippen molar-refractivity contribution in [3.63, 3.8) is 0 Å². The topological polar surface area (TPSA) is 68.5 Å². The zero-order valence-electron chi connectivity index (χ0n) is 14.9. The minimum atomic E-state index is -1.67. The van der Waals surface area contributed by atoms with E-state index in [4.69, 9.17) is 9.15 Å². The van der Waals surface area contributed by atoms with Crippen molar-refractivity contribution in [3.8, 4) is 5.75 Å². The first-order valence-corrected chi connectivity index (χ1v) is 8.52. The predicted octanol–water partition coefficient (Wildman–Crippen LogP) is 4.18. The van der Waals surface area contributed by atoms with Crippen molar-refractivity contribution in [1.82, 2.24) is 0 Å². The lowest BCUT2D eigenvalue weighted by Gasteiger charge is -2.10. The number of benzene rings is 2. The van der Waals surface area contributed by atoms with Crippen LogP contribution in [0.1, 0.15) is 18.9 Å². The molecular formula is C20H16F3NO4. The number of fused-ring (bicyclic) bond motifs is 1. The third-order valence-electron chi connectivity index (χ3n) is 4.00. The summed E-state index contributed by atoms with van der Waals surface area (Å²) in [5.41, 5.74) is 0.188. The lowest BCUT2D eigenvalue weighted by molar-refractivity contribution is -0.118. The lowest BCUT2D eigenvalue weighted by Crippen LogP contribution is -2.21. The maximum Gasteiger partial charge on any atom is 0.336 e. The summed E-state index contributed by atoms with van der Waals surface area (Å²) in [6.07, 6.45) is 1.57. The number of carbonyl (C=O) groups excluding carboxylic acids is 1. The van der Waals surface area contributed by atoms with Crippen molar-refractivity contribution in [3.05, 3.63) is 69.8 Å². The Bertz CT molecular complexity index is 1090. The van der Waals surface area contributed by atoms with Crippen molar-refractivity contribution < 1.29 is 27.1 Å². The van der Waals surface area contributed by atoms with Crippen LogP contribution in [0.15, 0.2) is 45.6 Å². The number of anilines is 1. The number of hydrogen-bond acceptors (Lipinski definition) is 4. The molecule has 0 spiro atoms. The molecule has 5 nitrogen and oxygen atoms in total. The van der Waals surface area contributed by atoms with Crippen molar-refractivity contribution in [2.75, 3.05) is 11.9 Å². The molecule has 3 aromatic rings. The lowest BCUT2D eigenvalue weighted by atomic mass is 10.1. The van der Waals surface area contributed by atoms with Crippen molar-refractivity contribution in [2.24, 2.45) is 0 Å². The molecule has 0 aliphatic carbocycles. The van der Waals surface area contributed by atoms with Gasteiger partial charge < -0.3 is 14.5 Å². The van der Waals surface area contributed by atoms with Crippen LogP contribution in [0.4, 0.5) is 18.9 Å². The molecule has 0 aliphatic rings. The highest BCUT2D eigenvalue weighted by molar-refractivity contribution is 5.92. The number of ether oxygens (including phenoxy) is 1. The van der Waals surface area contributed by atoms with Crippen LogP contribution in [0, 0.1) is 17.5 Å². The van der Waals surface area contributed by atoms with Gasteiger partial charge in [0.25, 0.3) is 5.91 Å². The molecule has 146 valence electrons. The van der Waals surface area contributed by atoms with Gasteiger partial charge in [-0.1, -0.05) is 13.3 Å². The quantitative estimate of drug-likeness (QED) is 0.506. The van der Waals surface area contributed by atoms with Gasteiger partial charge in [-0.2, -0.15) is 0 Å². The van der Waals surface area contributed by atoms with E-state index in [1.165, 1.54) is 12.1 Å². The van der Waals surface area contributed by atoms with Crippen LogP contribution in [0.2, 0.25) is 0 Å². The summed E-state index contributed by atoms with van der Waals surface area (Å²) in [5.74, 6) is -5.04. The van der Waals surface area contributed by atoms with Gasteiger partial charge >= 0.3 is 5.63 Å². The fraction of sp³-hybridized carbons (Fsp3) is 0.200. The third kappa shape index (κ3) is 4.16. The summed E-state index contributed by atoms with van der Waals surface area (Å²) >= 11 is 0. The van der Waals surface area contributed by atoms with Gasteiger partial charge in [0.2, 0.25) is 0 Å². The van der Waals surface area contributed by atoms with E-state index in [9.17, 15) is 22.8 Å². The monoisotopic (exact) mass is 391 g/mol. The van der Waals surface area contributed by atoms with Crippen LogP contribution < -0.4 is 15.7 Å². The van der Waals surface area contributed by atoms with Gasteiger partial charge in [-0.05, 0) is 36.2 Å². The van der Waals surface area contributed by atoms with E-state index in [2.05, 4.69) is 5.32 Å². The van der Waals surface area contributed by atoms with Gasteiger partial charge in [0.1, 0.15) is 11.3 Å². The molecule has 0 saturated carbocycles. The van der Waals surface area contributed by atoms with Gasteiger partial charge in [-0.3, -0.25) is 4.79 Å². The van der Waals surface area contributed by atoms with Gasteiger partial charge in [0.05, 0.1) is 5.69 Å². The highest BCUT2D eigenvalue weighted by Gasteiger charge is 2.15. The van der Waals surface area contributed by atoms with E-state index in [0.29, 0.717) is 18.1 Å². The molecule has 1 amide bonds. The van der Waals surface area contributed by atoms with Crippen LogP contribution in [-0.4, -0.2) is 12.5 Å². The maximum atomic E-state index is 13.6. The fourth-order valence-corrected chi connectivity index (χ4v) is 2.73. The van der Waals surface area contributed by atoms with E-state index >= 15 is 0 Å². The van der Waals surface area contributed by atoms with E-state index < -0.39 is 41.3 Å². The van der Waals surface area contributed by atoms with Gasteiger partial charge in [-0.25, -0.2) is 18.0 Å². The Morgan fingerprint density at radius 2 is 1.89 bits per heavy atom. The van der Waals surface area contributed by atoms with Gasteiger partial charge in [0.15, 0.2) is 24.1 Å². The molecule has 28 heavy (non-hydrogen) atoms. The van der Waals surface area contributed by atoms with Crippen LogP contribution >= 0.6 is 0 Å². The molecule has 1 aromatic heterocycles. The van der Waals surface area contributed by atoms with E-state index in [-0.39, 0.29) is 5.75 Å². The fourth-order valence-electron chi connectivity index (χ4n) is 2.73. The molecule has 3 rings (SSSR count). The average molecular weight is 391 g/mol. The Kier molecular flexibility index (Phi) is 5.67. The molecule has 1 heterocycles. The second kappa shape index (κ2) is 8.16. The summed E-state index contributed by atoms with van der Waals surface area (Å²) in [6.45, 7) is 1.48.